The summed E-state index contributed by atoms with van der Waals surface area (Å²) < 4.78 is 0. The number of amides is 1. The molecule has 0 unspecified atom stereocenters. The highest BCUT2D eigenvalue weighted by Crippen LogP contribution is 2.24. The fraction of sp³-hybridized carbons (Fsp3) is 0.133. The molecule has 1 aromatic carbocycles. The number of nitrogen functional groups attached to an aromatic ring is 1. The summed E-state index contributed by atoms with van der Waals surface area (Å²) in [6, 6.07) is 9.40. The number of carbonyl (C=O) groups is 2. The van der Waals surface area contributed by atoms with Gasteiger partial charge in [0, 0.05) is 12.7 Å². The number of pyridine rings is 1. The summed E-state index contributed by atoms with van der Waals surface area (Å²) in [4.78, 5) is 28.8. The number of aromatic carboxylic acids is 1. The average Bonchev–Trinajstić information content (AvgIpc) is 2.45. The number of anilines is 2. The molecule has 0 saturated carbocycles. The van der Waals surface area contributed by atoms with Crippen LogP contribution >= 0.6 is 0 Å². The van der Waals surface area contributed by atoms with E-state index in [9.17, 15) is 9.59 Å². The molecule has 0 aliphatic rings. The van der Waals surface area contributed by atoms with Crippen molar-refractivity contribution in [1.82, 2.24) is 4.98 Å². The summed E-state index contributed by atoms with van der Waals surface area (Å²) in [5.41, 5.74) is 7.61. The van der Waals surface area contributed by atoms with Crippen molar-refractivity contribution in [2.45, 2.75) is 6.92 Å². The summed E-state index contributed by atoms with van der Waals surface area (Å²) in [6.07, 6.45) is 0. The molecule has 0 radical (unpaired) electrons. The van der Waals surface area contributed by atoms with E-state index < -0.39 is 5.97 Å². The minimum Gasteiger partial charge on any atom is -0.478 e. The Hall–Kier alpha value is -2.89. The Balaban J connectivity index is 2.33. The summed E-state index contributed by atoms with van der Waals surface area (Å²) >= 11 is 0. The zero-order valence-electron chi connectivity index (χ0n) is 11.7. The molecule has 108 valence electrons. The Morgan fingerprint density at radius 2 is 1.95 bits per heavy atom. The largest absolute Gasteiger partial charge is 0.478 e. The molecule has 0 fully saturated rings. The summed E-state index contributed by atoms with van der Waals surface area (Å²) in [6.45, 7) is 1.80. The van der Waals surface area contributed by atoms with Crippen molar-refractivity contribution in [2.24, 2.45) is 0 Å². The second-order valence-electron chi connectivity index (χ2n) is 4.61. The average molecular weight is 285 g/mol. The van der Waals surface area contributed by atoms with Crippen LogP contribution in [0.15, 0.2) is 36.4 Å². The topological polar surface area (TPSA) is 96.5 Å². The molecule has 1 heterocycles. The van der Waals surface area contributed by atoms with Gasteiger partial charge in [0.05, 0.1) is 16.9 Å². The molecule has 6 heteroatoms. The number of rotatable bonds is 3. The van der Waals surface area contributed by atoms with Gasteiger partial charge in [-0.05, 0) is 37.3 Å². The van der Waals surface area contributed by atoms with Crippen molar-refractivity contribution in [1.29, 1.82) is 0 Å². The second-order valence-corrected chi connectivity index (χ2v) is 4.61. The maximum absolute atomic E-state index is 12.4. The second kappa shape index (κ2) is 5.62. The zero-order valence-corrected chi connectivity index (χ0v) is 11.7. The van der Waals surface area contributed by atoms with E-state index in [0.29, 0.717) is 11.4 Å². The first-order valence-electron chi connectivity index (χ1n) is 6.24. The number of hydrogen-bond acceptors (Lipinski definition) is 4. The van der Waals surface area contributed by atoms with Crippen LogP contribution in [0.3, 0.4) is 0 Å². The smallest absolute Gasteiger partial charge is 0.335 e. The highest BCUT2D eigenvalue weighted by atomic mass is 16.4. The van der Waals surface area contributed by atoms with Crippen LogP contribution < -0.4 is 10.6 Å². The Morgan fingerprint density at radius 1 is 1.24 bits per heavy atom. The number of hydrogen-bond donors (Lipinski definition) is 2. The Bertz CT molecular complexity index is 713. The maximum atomic E-state index is 12.4. The van der Waals surface area contributed by atoms with E-state index in [0.717, 1.165) is 5.69 Å². The quantitative estimate of drug-likeness (QED) is 0.840. The number of carboxylic acid groups (broad SMARTS) is 1. The van der Waals surface area contributed by atoms with Crippen LogP contribution in [0.2, 0.25) is 0 Å². The van der Waals surface area contributed by atoms with Crippen LogP contribution in [0, 0.1) is 6.92 Å². The van der Waals surface area contributed by atoms with E-state index in [1.54, 1.807) is 32.2 Å². The predicted molar refractivity (Wildman–Crippen MR) is 79.5 cm³/mol. The van der Waals surface area contributed by atoms with Gasteiger partial charge >= 0.3 is 5.97 Å². The lowest BCUT2D eigenvalue weighted by Gasteiger charge is -2.19. The summed E-state index contributed by atoms with van der Waals surface area (Å²) in [5, 5.41) is 8.91. The molecule has 0 spiro atoms. The van der Waals surface area contributed by atoms with Gasteiger partial charge in [-0.1, -0.05) is 6.07 Å². The lowest BCUT2D eigenvalue weighted by atomic mass is 10.1. The number of nitrogens with zero attached hydrogens (tertiary/aromatic N) is 2. The van der Waals surface area contributed by atoms with Crippen LogP contribution in [0.1, 0.15) is 26.5 Å². The van der Waals surface area contributed by atoms with E-state index in [4.69, 9.17) is 10.8 Å². The van der Waals surface area contributed by atoms with Crippen molar-refractivity contribution in [3.8, 4) is 0 Å². The van der Waals surface area contributed by atoms with Crippen LogP contribution in [-0.4, -0.2) is 29.0 Å². The van der Waals surface area contributed by atoms with E-state index in [2.05, 4.69) is 4.98 Å². The molecule has 1 aromatic heterocycles. The normalized spacial score (nSPS) is 10.2. The van der Waals surface area contributed by atoms with Gasteiger partial charge in [-0.2, -0.15) is 0 Å². The predicted octanol–water partition coefficient (Wildman–Crippen LogP) is 1.95. The minimum atomic E-state index is -1.07. The fourth-order valence-corrected chi connectivity index (χ4v) is 1.94. The molecule has 0 saturated heterocycles. The van der Waals surface area contributed by atoms with E-state index in [-0.39, 0.29) is 17.2 Å². The van der Waals surface area contributed by atoms with E-state index >= 15 is 0 Å². The molecule has 3 N–H and O–H groups in total. The molecule has 0 bridgehead atoms. The molecular formula is C15H15N3O3. The molecule has 0 aliphatic carbocycles. The number of carbonyl (C=O) groups excluding carboxylic acids is 1. The molecule has 2 rings (SSSR count). The minimum absolute atomic E-state index is 0.0748. The van der Waals surface area contributed by atoms with Crippen molar-refractivity contribution in [3.63, 3.8) is 0 Å². The van der Waals surface area contributed by atoms with E-state index in [1.807, 2.05) is 0 Å². The number of aromatic nitrogens is 1. The number of nitrogens with two attached hydrogens (primary N) is 1. The van der Waals surface area contributed by atoms with Gasteiger partial charge in [-0.15, -0.1) is 0 Å². The number of aryl methyl sites for hydroxylation is 1. The van der Waals surface area contributed by atoms with Crippen LogP contribution in [-0.2, 0) is 0 Å². The first-order valence-corrected chi connectivity index (χ1v) is 6.24. The molecule has 1 amide bonds. The molecule has 2 aromatic rings. The van der Waals surface area contributed by atoms with Gasteiger partial charge in [-0.3, -0.25) is 4.79 Å². The molecule has 6 nitrogen and oxygen atoms in total. The molecule has 21 heavy (non-hydrogen) atoms. The van der Waals surface area contributed by atoms with Crippen molar-refractivity contribution < 1.29 is 14.7 Å². The summed E-state index contributed by atoms with van der Waals surface area (Å²) in [5.74, 6) is -1.38. The highest BCUT2D eigenvalue weighted by Gasteiger charge is 2.17. The van der Waals surface area contributed by atoms with Gasteiger partial charge in [0.15, 0.2) is 0 Å². The van der Waals surface area contributed by atoms with Crippen LogP contribution in [0.4, 0.5) is 11.4 Å². The third-order valence-corrected chi connectivity index (χ3v) is 3.05. The SMILES string of the molecule is Cc1cccc(C(=O)N(C)c2ccc(C(=O)O)cc2N)n1. The zero-order chi connectivity index (χ0) is 15.6. The van der Waals surface area contributed by atoms with Gasteiger partial charge in [-0.25, -0.2) is 9.78 Å². The standard InChI is InChI=1S/C15H15N3O3/c1-9-4-3-5-12(17-9)14(19)18(2)13-7-6-10(15(20)21)8-11(13)16/h3-8H,16H2,1-2H3,(H,20,21). The fourth-order valence-electron chi connectivity index (χ4n) is 1.94. The van der Waals surface area contributed by atoms with Crippen molar-refractivity contribution >= 4 is 23.3 Å². The van der Waals surface area contributed by atoms with Gasteiger partial charge < -0.3 is 15.7 Å². The lowest BCUT2D eigenvalue weighted by Crippen LogP contribution is -2.28. The monoisotopic (exact) mass is 285 g/mol. The van der Waals surface area contributed by atoms with Crippen molar-refractivity contribution in [3.05, 3.63) is 53.3 Å². The van der Waals surface area contributed by atoms with E-state index in [1.165, 1.54) is 23.1 Å². The maximum Gasteiger partial charge on any atom is 0.335 e. The molecular weight excluding hydrogens is 270 g/mol. The third kappa shape index (κ3) is 3.00. The first kappa shape index (κ1) is 14.5. The molecule has 0 atom stereocenters. The Morgan fingerprint density at radius 3 is 2.52 bits per heavy atom. The van der Waals surface area contributed by atoms with Crippen LogP contribution in [0.5, 0.6) is 0 Å². The van der Waals surface area contributed by atoms with Crippen molar-refractivity contribution in [2.75, 3.05) is 17.7 Å². The lowest BCUT2D eigenvalue weighted by molar-refractivity contribution is 0.0697. The molecule has 0 aliphatic heterocycles. The number of carboxylic acids is 1. The van der Waals surface area contributed by atoms with Crippen LogP contribution in [0.25, 0.3) is 0 Å². The van der Waals surface area contributed by atoms with Gasteiger partial charge in [0.1, 0.15) is 5.69 Å². The third-order valence-electron chi connectivity index (χ3n) is 3.05. The Kier molecular flexibility index (Phi) is 3.89. The van der Waals surface area contributed by atoms with Gasteiger partial charge in [0.2, 0.25) is 0 Å². The highest BCUT2D eigenvalue weighted by molar-refractivity contribution is 6.06. The Labute approximate surface area is 121 Å². The number of benzene rings is 1. The van der Waals surface area contributed by atoms with Gasteiger partial charge in [0.25, 0.3) is 5.91 Å². The summed E-state index contributed by atoms with van der Waals surface area (Å²) in [7, 11) is 1.57. The first-order chi connectivity index (χ1) is 9.90.